The van der Waals surface area contributed by atoms with E-state index in [-0.39, 0.29) is 5.91 Å². The van der Waals surface area contributed by atoms with Crippen LogP contribution < -0.4 is 16.6 Å². The molecule has 1 aromatic rings. The third kappa shape index (κ3) is 1.57. The Hall–Kier alpha value is -1.62. The highest BCUT2D eigenvalue weighted by atomic mass is 16.1. The Balaban J connectivity index is 1.48. The van der Waals surface area contributed by atoms with Crippen LogP contribution in [-0.4, -0.2) is 16.9 Å². The van der Waals surface area contributed by atoms with Gasteiger partial charge in [-0.05, 0) is 49.0 Å². The van der Waals surface area contributed by atoms with E-state index in [1.807, 2.05) is 0 Å². The smallest absolute Gasteiger partial charge is 0.253 e. The molecule has 1 heterocycles. The number of nitrogens with one attached hydrogen (secondary N) is 2. The summed E-state index contributed by atoms with van der Waals surface area (Å²) < 4.78 is 0. The Morgan fingerprint density at radius 1 is 1.32 bits per heavy atom. The quantitative estimate of drug-likeness (QED) is 0.561. The van der Waals surface area contributed by atoms with Gasteiger partial charge in [0.05, 0.1) is 17.4 Å². The lowest BCUT2D eigenvalue weighted by Crippen LogP contribution is -2.31. The maximum atomic E-state index is 12.3. The minimum absolute atomic E-state index is 0.0332. The van der Waals surface area contributed by atoms with Crippen LogP contribution in [-0.2, 0) is 0 Å². The van der Waals surface area contributed by atoms with Gasteiger partial charge in [-0.25, -0.2) is 0 Å². The number of anilines is 1. The zero-order valence-electron chi connectivity index (χ0n) is 10.7. The van der Waals surface area contributed by atoms with E-state index in [4.69, 9.17) is 5.84 Å². The van der Waals surface area contributed by atoms with Crippen molar-refractivity contribution in [2.24, 2.45) is 29.5 Å². The van der Waals surface area contributed by atoms with Crippen LogP contribution in [0.25, 0.3) is 0 Å². The number of nitrogens with two attached hydrogens (primary N) is 1. The van der Waals surface area contributed by atoms with Gasteiger partial charge >= 0.3 is 0 Å². The molecule has 0 spiro atoms. The van der Waals surface area contributed by atoms with Gasteiger partial charge in [0.2, 0.25) is 0 Å². The summed E-state index contributed by atoms with van der Waals surface area (Å²) in [5.41, 5.74) is 3.68. The minimum Gasteiger partial charge on any atom is -0.349 e. The Morgan fingerprint density at radius 2 is 2.05 bits per heavy atom. The molecule has 3 fully saturated rings. The van der Waals surface area contributed by atoms with Crippen molar-refractivity contribution in [1.82, 2.24) is 10.3 Å². The highest BCUT2D eigenvalue weighted by molar-refractivity contribution is 5.99. The summed E-state index contributed by atoms with van der Waals surface area (Å²) in [6.45, 7) is 0. The Kier molecular flexibility index (Phi) is 2.33. The minimum atomic E-state index is -0.0332. The van der Waals surface area contributed by atoms with E-state index in [0.717, 1.165) is 23.7 Å². The summed E-state index contributed by atoms with van der Waals surface area (Å²) in [4.78, 5) is 16.3. The maximum absolute atomic E-state index is 12.3. The summed E-state index contributed by atoms with van der Waals surface area (Å²) in [5, 5.41) is 3.19. The van der Waals surface area contributed by atoms with E-state index in [1.165, 1.54) is 19.3 Å². The number of aromatic nitrogens is 1. The van der Waals surface area contributed by atoms with E-state index in [9.17, 15) is 4.79 Å². The molecule has 4 N–H and O–H groups in total. The predicted molar refractivity (Wildman–Crippen MR) is 71.1 cm³/mol. The zero-order chi connectivity index (χ0) is 13.0. The average molecular weight is 258 g/mol. The number of carbonyl (C=O) groups excluding carboxylic acids is 1. The molecule has 0 radical (unpaired) electrons. The maximum Gasteiger partial charge on any atom is 0.253 e. The fourth-order valence-electron chi connectivity index (χ4n) is 4.46. The highest BCUT2D eigenvalue weighted by Crippen LogP contribution is 2.65. The third-order valence-electron chi connectivity index (χ3n) is 5.25. The standard InChI is InChI=1S/C14H18N4O/c15-18-10-6-16-4-3-9(10)14(19)17-13-11-7-1-2-8(5-7)12(11)13/h3-4,6-8,11-13,18H,1-2,5,15H2,(H,17,19). The lowest BCUT2D eigenvalue weighted by molar-refractivity contribution is 0.0945. The van der Waals surface area contributed by atoms with Crippen LogP contribution in [0.15, 0.2) is 18.5 Å². The van der Waals surface area contributed by atoms with E-state index in [1.54, 1.807) is 18.5 Å². The average Bonchev–Trinajstić information content (AvgIpc) is 2.85. The van der Waals surface area contributed by atoms with Gasteiger partial charge < -0.3 is 10.7 Å². The molecule has 2 bridgehead atoms. The number of carbonyl (C=O) groups is 1. The van der Waals surface area contributed by atoms with Gasteiger partial charge in [-0.1, -0.05) is 0 Å². The molecule has 4 unspecified atom stereocenters. The van der Waals surface area contributed by atoms with Crippen LogP contribution in [0.4, 0.5) is 5.69 Å². The molecule has 4 atom stereocenters. The van der Waals surface area contributed by atoms with Crippen LogP contribution in [0, 0.1) is 23.7 Å². The first-order valence-corrected chi connectivity index (χ1v) is 7.01. The van der Waals surface area contributed by atoms with Crippen LogP contribution in [0.3, 0.4) is 0 Å². The van der Waals surface area contributed by atoms with Crippen LogP contribution in [0.1, 0.15) is 29.6 Å². The Bertz CT molecular complexity index is 516. The van der Waals surface area contributed by atoms with Crippen molar-refractivity contribution in [2.45, 2.75) is 25.3 Å². The van der Waals surface area contributed by atoms with Gasteiger partial charge in [0.1, 0.15) is 0 Å². The second-order valence-electron chi connectivity index (χ2n) is 6.05. The molecule has 5 nitrogen and oxygen atoms in total. The second-order valence-corrected chi connectivity index (χ2v) is 6.05. The number of pyridine rings is 1. The van der Waals surface area contributed by atoms with Crippen molar-refractivity contribution in [3.63, 3.8) is 0 Å². The van der Waals surface area contributed by atoms with Crippen LogP contribution in [0.2, 0.25) is 0 Å². The number of hydrogen-bond acceptors (Lipinski definition) is 4. The lowest BCUT2D eigenvalue weighted by atomic mass is 10.0. The Morgan fingerprint density at radius 3 is 2.74 bits per heavy atom. The molecule has 3 aliphatic carbocycles. The molecule has 3 aliphatic rings. The van der Waals surface area contributed by atoms with Gasteiger partial charge in [0.25, 0.3) is 5.91 Å². The number of nitrogens with zero attached hydrogens (tertiary/aromatic N) is 1. The number of fused-ring (bicyclic) bond motifs is 5. The van der Waals surface area contributed by atoms with E-state index >= 15 is 0 Å². The van der Waals surface area contributed by atoms with Crippen molar-refractivity contribution < 1.29 is 4.79 Å². The molecule has 3 saturated carbocycles. The molecular weight excluding hydrogens is 240 g/mol. The van der Waals surface area contributed by atoms with E-state index in [2.05, 4.69) is 15.7 Å². The molecule has 0 saturated heterocycles. The number of hydrazine groups is 1. The summed E-state index contributed by atoms with van der Waals surface area (Å²) in [6, 6.07) is 2.11. The topological polar surface area (TPSA) is 80.0 Å². The van der Waals surface area contributed by atoms with Gasteiger partial charge in [-0.15, -0.1) is 0 Å². The first kappa shape index (κ1) is 11.2. The Labute approximate surface area is 111 Å². The summed E-state index contributed by atoms with van der Waals surface area (Å²) in [7, 11) is 0. The van der Waals surface area contributed by atoms with Crippen molar-refractivity contribution in [3.05, 3.63) is 24.0 Å². The van der Waals surface area contributed by atoms with Crippen molar-refractivity contribution in [3.8, 4) is 0 Å². The van der Waals surface area contributed by atoms with Crippen LogP contribution in [0.5, 0.6) is 0 Å². The molecule has 4 rings (SSSR count). The lowest BCUT2D eigenvalue weighted by Gasteiger charge is -2.12. The molecule has 0 aromatic carbocycles. The SMILES string of the molecule is NNc1cnccc1C(=O)NC1C2C3CCC(C3)C12. The van der Waals surface area contributed by atoms with E-state index < -0.39 is 0 Å². The number of amides is 1. The van der Waals surface area contributed by atoms with Gasteiger partial charge in [-0.2, -0.15) is 0 Å². The molecule has 19 heavy (non-hydrogen) atoms. The first-order valence-electron chi connectivity index (χ1n) is 7.01. The van der Waals surface area contributed by atoms with Crippen LogP contribution >= 0.6 is 0 Å². The number of nitrogen functional groups attached to an aromatic ring is 1. The molecule has 0 aliphatic heterocycles. The number of rotatable bonds is 3. The zero-order valence-corrected chi connectivity index (χ0v) is 10.7. The molecule has 100 valence electrons. The monoisotopic (exact) mass is 258 g/mol. The van der Waals surface area contributed by atoms with Crippen molar-refractivity contribution >= 4 is 11.6 Å². The van der Waals surface area contributed by atoms with Crippen molar-refractivity contribution in [1.29, 1.82) is 0 Å². The third-order valence-corrected chi connectivity index (χ3v) is 5.25. The molecule has 1 aromatic heterocycles. The summed E-state index contributed by atoms with van der Waals surface area (Å²) in [6.07, 6.45) is 7.32. The molecular formula is C14H18N4O. The molecule has 5 heteroatoms. The van der Waals surface area contributed by atoms with Gasteiger partial charge in [0, 0.05) is 12.2 Å². The van der Waals surface area contributed by atoms with Gasteiger partial charge in [0.15, 0.2) is 0 Å². The number of hydrogen-bond donors (Lipinski definition) is 3. The van der Waals surface area contributed by atoms with Gasteiger partial charge in [-0.3, -0.25) is 15.6 Å². The summed E-state index contributed by atoms with van der Waals surface area (Å²) >= 11 is 0. The predicted octanol–water partition coefficient (Wildman–Crippen LogP) is 1.14. The summed E-state index contributed by atoms with van der Waals surface area (Å²) in [5.74, 6) is 8.61. The second kappa shape index (κ2) is 3.93. The normalized spacial score (nSPS) is 37.8. The fraction of sp³-hybridized carbons (Fsp3) is 0.571. The molecule has 1 amide bonds. The van der Waals surface area contributed by atoms with E-state index in [0.29, 0.717) is 17.3 Å². The highest BCUT2D eigenvalue weighted by Gasteiger charge is 2.65. The largest absolute Gasteiger partial charge is 0.349 e. The fourth-order valence-corrected chi connectivity index (χ4v) is 4.46. The first-order chi connectivity index (χ1) is 9.29. The van der Waals surface area contributed by atoms with Crippen molar-refractivity contribution in [2.75, 3.05) is 5.43 Å².